The Kier molecular flexibility index (Phi) is 6.68. The fourth-order valence-electron chi connectivity index (χ4n) is 4.08. The van der Waals surface area contributed by atoms with Crippen LogP contribution in [0.3, 0.4) is 0 Å². The minimum Gasteiger partial charge on any atom is -0.361 e. The molecule has 1 unspecified atom stereocenters. The first-order chi connectivity index (χ1) is 17.1. The van der Waals surface area contributed by atoms with Crippen molar-refractivity contribution >= 4 is 28.7 Å². The standard InChI is InChI=1S/C28H26N4O2S/c1-18-22(19(2)34-32-18)17-35-26-15-9-6-12-21(26)28(33)31-25(16-20-10-4-3-5-11-20)27-29-23-13-7-8-14-24(23)30-27/h3-15,25H,16-17H2,1-2H3,(H,29,30)(H,31,33). The molecule has 35 heavy (non-hydrogen) atoms. The van der Waals surface area contributed by atoms with E-state index in [1.54, 1.807) is 11.8 Å². The van der Waals surface area contributed by atoms with Gasteiger partial charge in [0.15, 0.2) is 0 Å². The van der Waals surface area contributed by atoms with Crippen LogP contribution in [0.5, 0.6) is 0 Å². The van der Waals surface area contributed by atoms with Gasteiger partial charge in [-0.1, -0.05) is 59.8 Å². The minimum atomic E-state index is -0.307. The average Bonchev–Trinajstić information content (AvgIpc) is 3.46. The largest absolute Gasteiger partial charge is 0.361 e. The van der Waals surface area contributed by atoms with Crippen molar-refractivity contribution in [1.82, 2.24) is 20.4 Å². The lowest BCUT2D eigenvalue weighted by Gasteiger charge is -2.18. The van der Waals surface area contributed by atoms with E-state index in [0.29, 0.717) is 17.7 Å². The maximum atomic E-state index is 13.6. The highest BCUT2D eigenvalue weighted by molar-refractivity contribution is 7.98. The number of amides is 1. The normalized spacial score (nSPS) is 12.1. The molecule has 1 atom stereocenters. The van der Waals surface area contributed by atoms with Crippen LogP contribution in [-0.2, 0) is 12.2 Å². The van der Waals surface area contributed by atoms with E-state index < -0.39 is 0 Å². The van der Waals surface area contributed by atoms with Crippen LogP contribution in [0.4, 0.5) is 0 Å². The molecule has 7 heteroatoms. The molecule has 3 aromatic carbocycles. The second-order valence-corrected chi connectivity index (χ2v) is 9.46. The van der Waals surface area contributed by atoms with Gasteiger partial charge in [0, 0.05) is 16.2 Å². The fraction of sp³-hybridized carbons (Fsp3) is 0.179. The van der Waals surface area contributed by atoms with E-state index in [2.05, 4.69) is 27.6 Å². The van der Waals surface area contributed by atoms with Crippen molar-refractivity contribution < 1.29 is 9.32 Å². The van der Waals surface area contributed by atoms with Crippen LogP contribution in [-0.4, -0.2) is 21.0 Å². The van der Waals surface area contributed by atoms with Gasteiger partial charge in [-0.25, -0.2) is 4.98 Å². The molecule has 0 aliphatic heterocycles. The zero-order valence-electron chi connectivity index (χ0n) is 19.6. The number of thioether (sulfide) groups is 1. The summed E-state index contributed by atoms with van der Waals surface area (Å²) in [5.74, 6) is 2.10. The molecule has 176 valence electrons. The van der Waals surface area contributed by atoms with Crippen LogP contribution in [0.1, 0.15) is 44.8 Å². The molecule has 5 aromatic rings. The lowest BCUT2D eigenvalue weighted by Crippen LogP contribution is -2.31. The number of aryl methyl sites for hydroxylation is 2. The Bertz CT molecular complexity index is 1410. The van der Waals surface area contributed by atoms with Crippen molar-refractivity contribution in [2.24, 2.45) is 0 Å². The number of carbonyl (C=O) groups excluding carboxylic acids is 1. The zero-order chi connectivity index (χ0) is 24.2. The Morgan fingerprint density at radius 3 is 2.51 bits per heavy atom. The summed E-state index contributed by atoms with van der Waals surface area (Å²) in [5.41, 5.74) is 5.53. The second-order valence-electron chi connectivity index (χ2n) is 8.44. The number of carbonyl (C=O) groups is 1. The summed E-state index contributed by atoms with van der Waals surface area (Å²) in [7, 11) is 0. The molecule has 2 heterocycles. The molecule has 0 radical (unpaired) electrons. The number of rotatable bonds is 8. The molecule has 0 bridgehead atoms. The molecule has 0 saturated carbocycles. The number of para-hydroxylation sites is 2. The topological polar surface area (TPSA) is 83.8 Å². The van der Waals surface area contributed by atoms with Crippen molar-refractivity contribution in [2.75, 3.05) is 0 Å². The number of fused-ring (bicyclic) bond motifs is 1. The van der Waals surface area contributed by atoms with Gasteiger partial charge < -0.3 is 14.8 Å². The molecule has 2 aromatic heterocycles. The van der Waals surface area contributed by atoms with E-state index >= 15 is 0 Å². The minimum absolute atomic E-state index is 0.131. The Labute approximate surface area is 208 Å². The SMILES string of the molecule is Cc1noc(C)c1CSc1ccccc1C(=O)NC(Cc1ccccc1)c1nc2ccccc2[nH]1. The molecule has 6 nitrogen and oxygen atoms in total. The van der Waals surface area contributed by atoms with E-state index in [4.69, 9.17) is 9.51 Å². The average molecular weight is 483 g/mol. The van der Waals surface area contributed by atoms with Crippen LogP contribution >= 0.6 is 11.8 Å². The maximum Gasteiger partial charge on any atom is 0.253 e. The van der Waals surface area contributed by atoms with Gasteiger partial charge in [-0.15, -0.1) is 11.8 Å². The number of aromatic amines is 1. The molecular formula is C28H26N4O2S. The van der Waals surface area contributed by atoms with Crippen molar-refractivity contribution in [1.29, 1.82) is 0 Å². The van der Waals surface area contributed by atoms with E-state index in [1.807, 2.05) is 80.6 Å². The van der Waals surface area contributed by atoms with Gasteiger partial charge in [-0.3, -0.25) is 4.79 Å². The highest BCUT2D eigenvalue weighted by Crippen LogP contribution is 2.29. The number of H-pyrrole nitrogens is 1. The molecule has 0 spiro atoms. The van der Waals surface area contributed by atoms with Gasteiger partial charge in [-0.2, -0.15) is 0 Å². The summed E-state index contributed by atoms with van der Waals surface area (Å²) in [6, 6.07) is 25.4. The molecule has 1 amide bonds. The number of imidazole rings is 1. The Balaban J connectivity index is 1.41. The van der Waals surface area contributed by atoms with Crippen molar-refractivity contribution in [3.63, 3.8) is 0 Å². The number of hydrogen-bond donors (Lipinski definition) is 2. The summed E-state index contributed by atoms with van der Waals surface area (Å²) < 4.78 is 5.29. The van der Waals surface area contributed by atoms with Gasteiger partial charge in [0.05, 0.1) is 28.3 Å². The Morgan fingerprint density at radius 2 is 1.74 bits per heavy atom. The lowest BCUT2D eigenvalue weighted by molar-refractivity contribution is 0.0932. The first-order valence-electron chi connectivity index (χ1n) is 11.5. The fourth-order valence-corrected chi connectivity index (χ4v) is 5.28. The summed E-state index contributed by atoms with van der Waals surface area (Å²) in [6.07, 6.45) is 0.626. The molecule has 0 fully saturated rings. The molecule has 2 N–H and O–H groups in total. The predicted molar refractivity (Wildman–Crippen MR) is 138 cm³/mol. The molecular weight excluding hydrogens is 456 g/mol. The number of nitrogens with one attached hydrogen (secondary N) is 2. The second kappa shape index (κ2) is 10.2. The highest BCUT2D eigenvalue weighted by Gasteiger charge is 2.22. The van der Waals surface area contributed by atoms with Crippen LogP contribution < -0.4 is 5.32 Å². The first-order valence-corrected chi connectivity index (χ1v) is 12.5. The summed E-state index contributed by atoms with van der Waals surface area (Å²) in [4.78, 5) is 22.6. The van der Waals surface area contributed by atoms with Crippen LogP contribution in [0, 0.1) is 13.8 Å². The van der Waals surface area contributed by atoms with Crippen molar-refractivity contribution in [3.05, 3.63) is 113 Å². The summed E-state index contributed by atoms with van der Waals surface area (Å²) in [5, 5.41) is 7.28. The van der Waals surface area contributed by atoms with Crippen molar-refractivity contribution in [2.45, 2.75) is 37.0 Å². The van der Waals surface area contributed by atoms with E-state index in [0.717, 1.165) is 44.3 Å². The van der Waals surface area contributed by atoms with E-state index in [-0.39, 0.29) is 11.9 Å². The lowest BCUT2D eigenvalue weighted by atomic mass is 10.0. The number of benzene rings is 3. The van der Waals surface area contributed by atoms with Crippen LogP contribution in [0.25, 0.3) is 11.0 Å². The predicted octanol–water partition coefficient (Wildman–Crippen LogP) is 6.17. The summed E-state index contributed by atoms with van der Waals surface area (Å²) in [6.45, 7) is 3.85. The van der Waals surface area contributed by atoms with Gasteiger partial charge in [-0.05, 0) is 50.1 Å². The van der Waals surface area contributed by atoms with Gasteiger partial charge >= 0.3 is 0 Å². The van der Waals surface area contributed by atoms with Crippen LogP contribution in [0.2, 0.25) is 0 Å². The molecule has 0 aliphatic carbocycles. The smallest absolute Gasteiger partial charge is 0.253 e. The molecule has 0 saturated heterocycles. The number of hydrogen-bond acceptors (Lipinski definition) is 5. The number of nitrogens with zero attached hydrogens (tertiary/aromatic N) is 2. The van der Waals surface area contributed by atoms with Gasteiger partial charge in [0.25, 0.3) is 5.91 Å². The quantitative estimate of drug-likeness (QED) is 0.258. The Morgan fingerprint density at radius 1 is 1.00 bits per heavy atom. The monoisotopic (exact) mass is 482 g/mol. The van der Waals surface area contributed by atoms with E-state index in [1.165, 1.54) is 0 Å². The summed E-state index contributed by atoms with van der Waals surface area (Å²) >= 11 is 1.61. The molecule has 0 aliphatic rings. The third-order valence-corrected chi connectivity index (χ3v) is 7.11. The third kappa shape index (κ3) is 5.15. The molecule has 5 rings (SSSR count). The van der Waals surface area contributed by atoms with Crippen LogP contribution in [0.15, 0.2) is 88.3 Å². The van der Waals surface area contributed by atoms with Gasteiger partial charge in [0.2, 0.25) is 0 Å². The van der Waals surface area contributed by atoms with Gasteiger partial charge in [0.1, 0.15) is 11.6 Å². The number of aromatic nitrogens is 3. The van der Waals surface area contributed by atoms with E-state index in [9.17, 15) is 4.79 Å². The third-order valence-electron chi connectivity index (χ3n) is 6.01. The first kappa shape index (κ1) is 22.9. The van der Waals surface area contributed by atoms with Crippen molar-refractivity contribution in [3.8, 4) is 0 Å². The highest BCUT2D eigenvalue weighted by atomic mass is 32.2. The Hall–Kier alpha value is -3.84. The maximum absolute atomic E-state index is 13.6. The zero-order valence-corrected chi connectivity index (χ0v) is 20.4.